The van der Waals surface area contributed by atoms with Gasteiger partial charge in [-0.25, -0.2) is 0 Å². The van der Waals surface area contributed by atoms with E-state index in [1.54, 1.807) is 0 Å². The molecule has 0 radical (unpaired) electrons. The lowest BCUT2D eigenvalue weighted by Gasteiger charge is -2.14. The van der Waals surface area contributed by atoms with Crippen molar-refractivity contribution in [1.29, 1.82) is 5.26 Å². The van der Waals surface area contributed by atoms with E-state index in [2.05, 4.69) is 25.2 Å². The Kier molecular flexibility index (Phi) is 2.51. The highest BCUT2D eigenvalue weighted by Crippen LogP contribution is 2.47. The largest absolute Gasteiger partial charge is 0.314 e. The Labute approximate surface area is 68.6 Å². The predicted octanol–water partition coefficient (Wildman–Crippen LogP) is 1.68. The van der Waals surface area contributed by atoms with Gasteiger partial charge in [0.1, 0.15) is 0 Å². The first-order chi connectivity index (χ1) is 5.18. The molecule has 0 aromatic rings. The predicted molar refractivity (Wildman–Crippen MR) is 45.0 cm³/mol. The van der Waals surface area contributed by atoms with Crippen molar-refractivity contribution in [2.75, 3.05) is 6.54 Å². The van der Waals surface area contributed by atoms with E-state index >= 15 is 0 Å². The quantitative estimate of drug-likeness (QED) is 0.665. The fourth-order valence-corrected chi connectivity index (χ4v) is 1.18. The van der Waals surface area contributed by atoms with Crippen molar-refractivity contribution in [3.63, 3.8) is 0 Å². The highest BCUT2D eigenvalue weighted by Gasteiger charge is 2.41. The van der Waals surface area contributed by atoms with E-state index in [-0.39, 0.29) is 0 Å². The van der Waals surface area contributed by atoms with Crippen LogP contribution in [0.5, 0.6) is 0 Å². The van der Waals surface area contributed by atoms with Gasteiger partial charge < -0.3 is 5.32 Å². The molecule has 0 spiro atoms. The van der Waals surface area contributed by atoms with Crippen molar-refractivity contribution in [1.82, 2.24) is 5.32 Å². The Morgan fingerprint density at radius 2 is 2.18 bits per heavy atom. The highest BCUT2D eigenvalue weighted by molar-refractivity contribution is 5.00. The summed E-state index contributed by atoms with van der Waals surface area (Å²) in [4.78, 5) is 0. The number of nitrogens with zero attached hydrogens (tertiary/aromatic N) is 1. The van der Waals surface area contributed by atoms with Gasteiger partial charge in [0.05, 0.1) is 6.07 Å². The maximum Gasteiger partial charge on any atom is 0.0628 e. The third-order valence-corrected chi connectivity index (χ3v) is 2.30. The molecule has 2 nitrogen and oxygen atoms in total. The maximum atomic E-state index is 8.53. The molecule has 1 N–H and O–H groups in total. The van der Waals surface area contributed by atoms with E-state index in [1.807, 2.05) is 0 Å². The minimum atomic E-state index is 0.360. The molecule has 0 saturated heterocycles. The zero-order valence-electron chi connectivity index (χ0n) is 7.35. The van der Waals surface area contributed by atoms with Crippen LogP contribution in [0.4, 0.5) is 0 Å². The molecule has 1 saturated carbocycles. The number of hydrogen-bond donors (Lipinski definition) is 1. The summed E-state index contributed by atoms with van der Waals surface area (Å²) in [6, 6.07) is 2.80. The second kappa shape index (κ2) is 3.23. The Balaban J connectivity index is 2.20. The second-order valence-electron chi connectivity index (χ2n) is 3.87. The fourth-order valence-electron chi connectivity index (χ4n) is 1.18. The van der Waals surface area contributed by atoms with Crippen LogP contribution in [0.25, 0.3) is 0 Å². The van der Waals surface area contributed by atoms with Crippen LogP contribution < -0.4 is 5.32 Å². The van der Waals surface area contributed by atoms with Gasteiger partial charge in [0.25, 0.3) is 0 Å². The summed E-state index contributed by atoms with van der Waals surface area (Å²) in [5, 5.41) is 11.9. The first kappa shape index (κ1) is 8.55. The molecule has 1 aliphatic carbocycles. The van der Waals surface area contributed by atoms with E-state index in [1.165, 1.54) is 12.8 Å². The van der Waals surface area contributed by atoms with Crippen LogP contribution in [0.15, 0.2) is 0 Å². The van der Waals surface area contributed by atoms with Crippen molar-refractivity contribution >= 4 is 0 Å². The summed E-state index contributed by atoms with van der Waals surface area (Å²) in [6.07, 6.45) is 3.20. The van der Waals surface area contributed by atoms with Gasteiger partial charge in [-0.2, -0.15) is 5.26 Å². The standard InChI is InChI=1S/C9H16N2/c1-8(2)11-7-9(3-4-9)5-6-10/h8,11H,3-5,7H2,1-2H3. The first-order valence-electron chi connectivity index (χ1n) is 4.29. The molecule has 0 bridgehead atoms. The third-order valence-electron chi connectivity index (χ3n) is 2.30. The lowest BCUT2D eigenvalue weighted by Crippen LogP contribution is -2.29. The van der Waals surface area contributed by atoms with Crippen LogP contribution in [-0.4, -0.2) is 12.6 Å². The molecule has 1 rings (SSSR count). The molecule has 0 aromatic heterocycles. The molecule has 0 heterocycles. The summed E-state index contributed by atoms with van der Waals surface area (Å²) in [6.45, 7) is 5.31. The van der Waals surface area contributed by atoms with Gasteiger partial charge in [0, 0.05) is 19.0 Å². The molecule has 0 unspecified atom stereocenters. The average molecular weight is 152 g/mol. The molecule has 0 aromatic carbocycles. The van der Waals surface area contributed by atoms with Crippen molar-refractivity contribution in [2.45, 2.75) is 39.2 Å². The van der Waals surface area contributed by atoms with Gasteiger partial charge in [-0.1, -0.05) is 13.8 Å². The topological polar surface area (TPSA) is 35.8 Å². The Bertz CT molecular complexity index is 163. The van der Waals surface area contributed by atoms with Gasteiger partial charge in [-0.05, 0) is 18.3 Å². The van der Waals surface area contributed by atoms with Crippen molar-refractivity contribution < 1.29 is 0 Å². The SMILES string of the molecule is CC(C)NCC1(CC#N)CC1. The molecule has 0 amide bonds. The van der Waals surface area contributed by atoms with Gasteiger partial charge in [-0.3, -0.25) is 0 Å². The minimum absolute atomic E-state index is 0.360. The summed E-state index contributed by atoms with van der Waals surface area (Å²) < 4.78 is 0. The normalized spacial score (nSPS) is 19.8. The summed E-state index contributed by atoms with van der Waals surface area (Å²) in [7, 11) is 0. The summed E-state index contributed by atoms with van der Waals surface area (Å²) in [5.41, 5.74) is 0.360. The van der Waals surface area contributed by atoms with Crippen molar-refractivity contribution in [3.8, 4) is 6.07 Å². The Hall–Kier alpha value is -0.550. The molecule has 1 fully saturated rings. The maximum absolute atomic E-state index is 8.53. The van der Waals surface area contributed by atoms with E-state index in [0.29, 0.717) is 11.5 Å². The molecular formula is C9H16N2. The van der Waals surface area contributed by atoms with Crippen LogP contribution in [0.3, 0.4) is 0 Å². The van der Waals surface area contributed by atoms with Gasteiger partial charge in [0.15, 0.2) is 0 Å². The molecule has 0 aliphatic heterocycles. The Morgan fingerprint density at radius 3 is 2.55 bits per heavy atom. The molecule has 1 aliphatic rings. The number of rotatable bonds is 4. The lowest BCUT2D eigenvalue weighted by atomic mass is 10.0. The monoisotopic (exact) mass is 152 g/mol. The van der Waals surface area contributed by atoms with Gasteiger partial charge in [-0.15, -0.1) is 0 Å². The first-order valence-corrected chi connectivity index (χ1v) is 4.29. The fraction of sp³-hybridized carbons (Fsp3) is 0.889. The lowest BCUT2D eigenvalue weighted by molar-refractivity contribution is 0.439. The Morgan fingerprint density at radius 1 is 1.55 bits per heavy atom. The number of nitrogens with one attached hydrogen (secondary N) is 1. The van der Waals surface area contributed by atoms with Crippen LogP contribution in [0.1, 0.15) is 33.1 Å². The van der Waals surface area contributed by atoms with Gasteiger partial charge >= 0.3 is 0 Å². The van der Waals surface area contributed by atoms with Crippen LogP contribution in [-0.2, 0) is 0 Å². The van der Waals surface area contributed by atoms with E-state index in [0.717, 1.165) is 13.0 Å². The average Bonchev–Trinajstić information content (AvgIpc) is 2.67. The zero-order chi connectivity index (χ0) is 8.32. The zero-order valence-corrected chi connectivity index (χ0v) is 7.35. The molecule has 11 heavy (non-hydrogen) atoms. The minimum Gasteiger partial charge on any atom is -0.314 e. The molecule has 62 valence electrons. The smallest absolute Gasteiger partial charge is 0.0628 e. The van der Waals surface area contributed by atoms with E-state index in [9.17, 15) is 0 Å². The third kappa shape index (κ3) is 2.51. The molecular weight excluding hydrogens is 136 g/mol. The molecule has 0 atom stereocenters. The highest BCUT2D eigenvalue weighted by atomic mass is 14.9. The molecule has 2 heteroatoms. The van der Waals surface area contributed by atoms with Gasteiger partial charge in [0.2, 0.25) is 0 Å². The van der Waals surface area contributed by atoms with E-state index < -0.39 is 0 Å². The van der Waals surface area contributed by atoms with Crippen LogP contribution in [0.2, 0.25) is 0 Å². The van der Waals surface area contributed by atoms with Crippen LogP contribution >= 0.6 is 0 Å². The van der Waals surface area contributed by atoms with E-state index in [4.69, 9.17) is 5.26 Å². The number of nitriles is 1. The van der Waals surface area contributed by atoms with Crippen molar-refractivity contribution in [2.24, 2.45) is 5.41 Å². The summed E-state index contributed by atoms with van der Waals surface area (Å²) in [5.74, 6) is 0. The number of hydrogen-bond acceptors (Lipinski definition) is 2. The van der Waals surface area contributed by atoms with Crippen LogP contribution in [0, 0.1) is 16.7 Å². The summed E-state index contributed by atoms with van der Waals surface area (Å²) >= 11 is 0. The van der Waals surface area contributed by atoms with Crippen molar-refractivity contribution in [3.05, 3.63) is 0 Å². The second-order valence-corrected chi connectivity index (χ2v) is 3.87.